The van der Waals surface area contributed by atoms with Crippen LogP contribution in [0.1, 0.15) is 20.8 Å². The van der Waals surface area contributed by atoms with Crippen LogP contribution in [-0.4, -0.2) is 22.1 Å². The van der Waals surface area contributed by atoms with Crippen molar-refractivity contribution < 1.29 is 0 Å². The molecule has 8 bridgehead atoms. The van der Waals surface area contributed by atoms with Crippen molar-refractivity contribution in [3.05, 3.63) is 81.8 Å². The molecule has 1 aromatic heterocycles. The average Bonchev–Trinajstić information content (AvgIpc) is 3.45. The zero-order valence-corrected chi connectivity index (χ0v) is 15.0. The molecule has 0 unspecified atom stereocenters. The van der Waals surface area contributed by atoms with Crippen molar-refractivity contribution >= 4 is 28.4 Å². The Morgan fingerprint density at radius 2 is 1.00 bits per heavy atom. The summed E-state index contributed by atoms with van der Waals surface area (Å²) in [6, 6.07) is 4.17. The highest BCUT2D eigenvalue weighted by molar-refractivity contribution is 6.26. The minimum Gasteiger partial charge on any atom is -0.353 e. The molecule has 0 aromatic carbocycles. The van der Waals surface area contributed by atoms with Crippen LogP contribution >= 0.6 is 0 Å². The second kappa shape index (κ2) is 5.36. The summed E-state index contributed by atoms with van der Waals surface area (Å²) < 4.78 is 0. The summed E-state index contributed by atoms with van der Waals surface area (Å²) in [6.07, 6.45) is 12.4. The van der Waals surface area contributed by atoms with E-state index in [9.17, 15) is 0 Å². The molecule has 4 heteroatoms. The maximum Gasteiger partial charge on any atom is 0.0872 e. The number of nitrogens with one attached hydrogen (secondary N) is 1. The highest BCUT2D eigenvalue weighted by Crippen LogP contribution is 2.25. The van der Waals surface area contributed by atoms with Gasteiger partial charge in [-0.3, -0.25) is 0 Å². The lowest BCUT2D eigenvalue weighted by Gasteiger charge is -2.02. The molecule has 0 fully saturated rings. The van der Waals surface area contributed by atoms with Gasteiger partial charge in [-0.1, -0.05) is 0 Å². The molecule has 1 N–H and O–H groups in total. The first-order chi connectivity index (χ1) is 12.6. The number of nitrogens with zero attached hydrogens (tertiary/aromatic N) is 3. The van der Waals surface area contributed by atoms with Gasteiger partial charge in [-0.05, 0) is 74.9 Å². The molecule has 0 amide bonds. The Morgan fingerprint density at radius 3 is 1.62 bits per heavy atom. The topological polar surface area (TPSA) is 52.9 Å². The van der Waals surface area contributed by atoms with E-state index < -0.39 is 0 Å². The summed E-state index contributed by atoms with van der Waals surface area (Å²) in [6.45, 7) is 6.24. The molecular weight excluding hydrogens is 320 g/mol. The number of rotatable bonds is 0. The number of hydrogen-bond donors (Lipinski definition) is 1. The third-order valence-corrected chi connectivity index (χ3v) is 5.21. The summed E-state index contributed by atoms with van der Waals surface area (Å²) in [4.78, 5) is 17.9. The Balaban J connectivity index is 1.86. The molecule has 0 saturated carbocycles. The van der Waals surface area contributed by atoms with E-state index in [2.05, 4.69) is 74.3 Å². The summed E-state index contributed by atoms with van der Waals surface area (Å²) in [7, 11) is 0. The van der Waals surface area contributed by atoms with Gasteiger partial charge in [-0.15, -0.1) is 0 Å². The van der Waals surface area contributed by atoms with Crippen LogP contribution in [0.5, 0.6) is 0 Å². The predicted molar refractivity (Wildman–Crippen MR) is 108 cm³/mol. The Labute approximate surface area is 151 Å². The summed E-state index contributed by atoms with van der Waals surface area (Å²) in [5.41, 5.74) is 9.06. The molecule has 4 aliphatic rings. The Kier molecular flexibility index (Phi) is 3.10. The third-order valence-electron chi connectivity index (χ3n) is 5.21. The molecule has 0 aliphatic carbocycles. The van der Waals surface area contributed by atoms with Gasteiger partial charge in [0.05, 0.1) is 39.6 Å². The van der Waals surface area contributed by atoms with E-state index in [-0.39, 0.29) is 0 Å². The smallest absolute Gasteiger partial charge is 0.0872 e. The van der Waals surface area contributed by atoms with E-state index in [4.69, 9.17) is 15.0 Å². The first-order valence-corrected chi connectivity index (χ1v) is 8.73. The zero-order valence-electron chi connectivity index (χ0n) is 15.0. The quantitative estimate of drug-likeness (QED) is 0.756. The molecule has 5 rings (SSSR count). The lowest BCUT2D eigenvalue weighted by molar-refractivity contribution is 1.24. The van der Waals surface area contributed by atoms with Crippen LogP contribution < -0.4 is 10.7 Å². The van der Waals surface area contributed by atoms with E-state index in [1.165, 1.54) is 0 Å². The predicted octanol–water partition coefficient (Wildman–Crippen LogP) is 2.89. The normalized spacial score (nSPS) is 20.7. The van der Waals surface area contributed by atoms with Gasteiger partial charge in [0.2, 0.25) is 0 Å². The van der Waals surface area contributed by atoms with Crippen LogP contribution in [0.25, 0.3) is 11.3 Å². The van der Waals surface area contributed by atoms with Gasteiger partial charge in [0.25, 0.3) is 0 Å². The van der Waals surface area contributed by atoms with Crippen LogP contribution in [-0.2, 0) is 0 Å². The lowest BCUT2D eigenvalue weighted by atomic mass is 10.1. The number of allylic oxidation sites excluding steroid dienone is 7. The fourth-order valence-corrected chi connectivity index (χ4v) is 3.44. The largest absolute Gasteiger partial charge is 0.353 e. The summed E-state index contributed by atoms with van der Waals surface area (Å²) >= 11 is 0. The number of hydrogen-bond acceptors (Lipinski definition) is 3. The Hall–Kier alpha value is -3.27. The van der Waals surface area contributed by atoms with Gasteiger partial charge in [0.15, 0.2) is 0 Å². The molecule has 0 spiro atoms. The highest BCUT2D eigenvalue weighted by Gasteiger charge is 2.17. The zero-order chi connectivity index (χ0) is 17.8. The highest BCUT2D eigenvalue weighted by atomic mass is 14.9. The standard InChI is InChI=1S/C22H18N4/c1-12-15-4-6-17(23-15)13(2)19-8-10-21(25-19)22-11-9-20(26-22)14(3)18-7-5-16(12)24-18/h4-11,25H,1-3H3. The van der Waals surface area contributed by atoms with Gasteiger partial charge in [0, 0.05) is 16.5 Å². The van der Waals surface area contributed by atoms with Gasteiger partial charge in [-0.2, -0.15) is 0 Å². The van der Waals surface area contributed by atoms with Crippen molar-refractivity contribution in [2.45, 2.75) is 20.8 Å². The number of aromatic amines is 1. The van der Waals surface area contributed by atoms with Crippen molar-refractivity contribution in [1.82, 2.24) is 4.98 Å². The fraction of sp³-hybridized carbons (Fsp3) is 0.136. The molecule has 4 nitrogen and oxygen atoms in total. The summed E-state index contributed by atoms with van der Waals surface area (Å²) in [5.74, 6) is 0. The van der Waals surface area contributed by atoms with Gasteiger partial charge >= 0.3 is 0 Å². The monoisotopic (exact) mass is 338 g/mol. The minimum absolute atomic E-state index is 0.943. The maximum absolute atomic E-state index is 4.83. The van der Waals surface area contributed by atoms with Crippen LogP contribution in [0.3, 0.4) is 0 Å². The number of H-pyrrole nitrogens is 1. The van der Waals surface area contributed by atoms with E-state index in [0.29, 0.717) is 0 Å². The number of fused-ring (bicyclic) bond motifs is 5. The average molecular weight is 338 g/mol. The molecule has 4 aliphatic heterocycles. The minimum atomic E-state index is 0.943. The van der Waals surface area contributed by atoms with E-state index >= 15 is 0 Å². The molecule has 5 heterocycles. The Bertz CT molecular complexity index is 1230. The molecule has 0 radical (unpaired) electrons. The fourth-order valence-electron chi connectivity index (χ4n) is 3.44. The third kappa shape index (κ3) is 2.19. The van der Waals surface area contributed by atoms with Crippen LogP contribution in [0.2, 0.25) is 0 Å². The Morgan fingerprint density at radius 1 is 0.538 bits per heavy atom. The van der Waals surface area contributed by atoms with E-state index in [1.807, 2.05) is 0 Å². The second-order valence-corrected chi connectivity index (χ2v) is 6.81. The maximum atomic E-state index is 4.83. The lowest BCUT2D eigenvalue weighted by Crippen LogP contribution is -2.16. The SMILES string of the molecule is CC1=C2C=CC(=N2)C(C)=C2C=CC(=N2)C(C)=c2ccc([nH]2)=C2C=CC1=N2. The van der Waals surface area contributed by atoms with Crippen molar-refractivity contribution in [2.24, 2.45) is 15.0 Å². The summed E-state index contributed by atoms with van der Waals surface area (Å²) in [5, 5.41) is 2.08. The van der Waals surface area contributed by atoms with Crippen LogP contribution in [0.4, 0.5) is 0 Å². The van der Waals surface area contributed by atoms with Crippen molar-refractivity contribution in [3.63, 3.8) is 0 Å². The van der Waals surface area contributed by atoms with E-state index in [1.54, 1.807) is 0 Å². The van der Waals surface area contributed by atoms with Crippen LogP contribution in [0.15, 0.2) is 86.1 Å². The number of aromatic nitrogens is 1. The van der Waals surface area contributed by atoms with Gasteiger partial charge < -0.3 is 4.98 Å². The molecule has 1 aromatic rings. The molecule has 0 atom stereocenters. The first-order valence-electron chi connectivity index (χ1n) is 8.73. The molecular formula is C22H18N4. The molecule has 126 valence electrons. The number of aliphatic imine (C=N–C) groups is 3. The van der Waals surface area contributed by atoms with Crippen LogP contribution in [0, 0.1) is 0 Å². The van der Waals surface area contributed by atoms with Gasteiger partial charge in [0.1, 0.15) is 0 Å². The first kappa shape index (κ1) is 15.0. The van der Waals surface area contributed by atoms with Crippen molar-refractivity contribution in [2.75, 3.05) is 0 Å². The van der Waals surface area contributed by atoms with Gasteiger partial charge in [-0.25, -0.2) is 15.0 Å². The van der Waals surface area contributed by atoms with Crippen molar-refractivity contribution in [1.29, 1.82) is 0 Å². The molecule has 26 heavy (non-hydrogen) atoms. The van der Waals surface area contributed by atoms with E-state index in [0.717, 1.165) is 61.6 Å². The van der Waals surface area contributed by atoms with Crippen molar-refractivity contribution in [3.8, 4) is 0 Å². The second-order valence-electron chi connectivity index (χ2n) is 6.81. The molecule has 0 saturated heterocycles.